The van der Waals surface area contributed by atoms with Gasteiger partial charge in [-0.05, 0) is 26.0 Å². The van der Waals surface area contributed by atoms with Crippen LogP contribution in [0.25, 0.3) is 0 Å². The molecule has 1 aliphatic heterocycles. The van der Waals surface area contributed by atoms with Crippen LogP contribution in [0.15, 0.2) is 24.3 Å². The van der Waals surface area contributed by atoms with Crippen molar-refractivity contribution in [1.82, 2.24) is 9.80 Å². The molecule has 1 aromatic carbocycles. The number of rotatable bonds is 5. The lowest BCUT2D eigenvalue weighted by Crippen LogP contribution is -2.53. The summed E-state index contributed by atoms with van der Waals surface area (Å²) in [5, 5.41) is 10.6. The van der Waals surface area contributed by atoms with Gasteiger partial charge >= 0.3 is 6.09 Å². The van der Waals surface area contributed by atoms with Crippen molar-refractivity contribution in [3.05, 3.63) is 34.4 Å². The second-order valence-electron chi connectivity index (χ2n) is 5.52. The fraction of sp³-hybridized carbons (Fsp3) is 0.500. The molecule has 0 aromatic heterocycles. The van der Waals surface area contributed by atoms with E-state index in [2.05, 4.69) is 0 Å². The van der Waals surface area contributed by atoms with Crippen LogP contribution in [0.3, 0.4) is 0 Å². The topological polar surface area (TPSA) is 102 Å². The summed E-state index contributed by atoms with van der Waals surface area (Å²) in [7, 11) is 0. The number of nitro groups is 1. The van der Waals surface area contributed by atoms with E-state index in [1.165, 1.54) is 24.3 Å². The van der Waals surface area contributed by atoms with E-state index in [4.69, 9.17) is 9.47 Å². The molecule has 0 radical (unpaired) electrons. The molecule has 1 aromatic rings. The standard InChI is InChI=1S/C16H21N3O6/c1-3-24-16(21)18-10-8-17(9-11-18)15(20)12(2)25-14-6-4-13(5-7-14)19(22)23/h4-7,12H,3,8-11H2,1-2H3/t12-/m0/s1. The van der Waals surface area contributed by atoms with E-state index in [9.17, 15) is 19.7 Å². The molecule has 0 unspecified atom stereocenters. The van der Waals surface area contributed by atoms with Crippen LogP contribution in [0.2, 0.25) is 0 Å². The third-order valence-corrected chi connectivity index (χ3v) is 3.83. The summed E-state index contributed by atoms with van der Waals surface area (Å²) in [5.41, 5.74) is -0.0404. The fourth-order valence-corrected chi connectivity index (χ4v) is 2.48. The van der Waals surface area contributed by atoms with E-state index in [0.717, 1.165) is 0 Å². The second kappa shape index (κ2) is 8.32. The van der Waals surface area contributed by atoms with Crippen molar-refractivity contribution in [1.29, 1.82) is 0 Å². The van der Waals surface area contributed by atoms with Gasteiger partial charge in [0.15, 0.2) is 6.10 Å². The highest BCUT2D eigenvalue weighted by Gasteiger charge is 2.28. The summed E-state index contributed by atoms with van der Waals surface area (Å²) in [6.07, 6.45) is -1.10. The Bertz CT molecular complexity index is 625. The number of ether oxygens (including phenoxy) is 2. The Morgan fingerprint density at radius 2 is 1.72 bits per heavy atom. The number of hydrogen-bond donors (Lipinski definition) is 0. The second-order valence-corrected chi connectivity index (χ2v) is 5.52. The van der Waals surface area contributed by atoms with Gasteiger partial charge < -0.3 is 19.3 Å². The van der Waals surface area contributed by atoms with Crippen LogP contribution >= 0.6 is 0 Å². The quantitative estimate of drug-likeness (QED) is 0.590. The number of nitrogens with zero attached hydrogens (tertiary/aromatic N) is 3. The first-order valence-corrected chi connectivity index (χ1v) is 8.04. The smallest absolute Gasteiger partial charge is 0.409 e. The largest absolute Gasteiger partial charge is 0.481 e. The molecule has 136 valence electrons. The third-order valence-electron chi connectivity index (χ3n) is 3.83. The molecule has 0 N–H and O–H groups in total. The van der Waals surface area contributed by atoms with E-state index in [1.807, 2.05) is 0 Å². The van der Waals surface area contributed by atoms with Gasteiger partial charge in [0.25, 0.3) is 11.6 Å². The van der Waals surface area contributed by atoms with E-state index < -0.39 is 11.0 Å². The zero-order valence-corrected chi connectivity index (χ0v) is 14.2. The number of hydrogen-bond acceptors (Lipinski definition) is 6. The highest BCUT2D eigenvalue weighted by atomic mass is 16.6. The van der Waals surface area contributed by atoms with Crippen LogP contribution in [0.5, 0.6) is 5.75 Å². The molecular formula is C16H21N3O6. The average Bonchev–Trinajstić information content (AvgIpc) is 2.61. The summed E-state index contributed by atoms with van der Waals surface area (Å²) >= 11 is 0. The van der Waals surface area contributed by atoms with Crippen molar-refractivity contribution in [3.8, 4) is 5.75 Å². The first-order valence-electron chi connectivity index (χ1n) is 8.04. The maximum atomic E-state index is 12.4. The maximum absolute atomic E-state index is 12.4. The number of carbonyl (C=O) groups is 2. The van der Waals surface area contributed by atoms with Crippen LogP contribution < -0.4 is 4.74 Å². The highest BCUT2D eigenvalue weighted by Crippen LogP contribution is 2.19. The molecule has 0 saturated carbocycles. The molecule has 0 bridgehead atoms. The van der Waals surface area contributed by atoms with E-state index >= 15 is 0 Å². The van der Waals surface area contributed by atoms with Crippen molar-refractivity contribution in [2.24, 2.45) is 0 Å². The van der Waals surface area contributed by atoms with Crippen LogP contribution in [-0.2, 0) is 9.53 Å². The first-order chi connectivity index (χ1) is 11.9. The Balaban J connectivity index is 1.86. The molecule has 1 fully saturated rings. The minimum absolute atomic E-state index is 0.0404. The number of amides is 2. The Morgan fingerprint density at radius 3 is 2.24 bits per heavy atom. The maximum Gasteiger partial charge on any atom is 0.409 e. The van der Waals surface area contributed by atoms with Crippen LogP contribution in [0, 0.1) is 10.1 Å². The molecule has 1 heterocycles. The number of benzene rings is 1. The van der Waals surface area contributed by atoms with Gasteiger partial charge in [0.2, 0.25) is 0 Å². The molecule has 25 heavy (non-hydrogen) atoms. The molecule has 1 atom stereocenters. The zero-order chi connectivity index (χ0) is 18.4. The normalized spacial score (nSPS) is 15.4. The molecule has 0 spiro atoms. The summed E-state index contributed by atoms with van der Waals surface area (Å²) in [5.74, 6) is 0.193. The van der Waals surface area contributed by atoms with Crippen molar-refractivity contribution in [2.45, 2.75) is 20.0 Å². The van der Waals surface area contributed by atoms with Gasteiger partial charge in [0.1, 0.15) is 5.75 Å². The number of non-ortho nitro benzene ring substituents is 1. The lowest BCUT2D eigenvalue weighted by Gasteiger charge is -2.35. The summed E-state index contributed by atoms with van der Waals surface area (Å²) in [6, 6.07) is 5.57. The molecule has 0 aliphatic carbocycles. The minimum Gasteiger partial charge on any atom is -0.481 e. The van der Waals surface area contributed by atoms with E-state index in [-0.39, 0.29) is 17.7 Å². The number of carbonyl (C=O) groups excluding carboxylic acids is 2. The van der Waals surface area contributed by atoms with Gasteiger partial charge in [-0.2, -0.15) is 0 Å². The van der Waals surface area contributed by atoms with Gasteiger partial charge in [-0.3, -0.25) is 14.9 Å². The SMILES string of the molecule is CCOC(=O)N1CCN(C(=O)[C@H](C)Oc2ccc([N+](=O)[O-])cc2)CC1. The van der Waals surface area contributed by atoms with Gasteiger partial charge in [-0.1, -0.05) is 0 Å². The number of nitro benzene ring substituents is 1. The fourth-order valence-electron chi connectivity index (χ4n) is 2.48. The third kappa shape index (κ3) is 4.82. The lowest BCUT2D eigenvalue weighted by atomic mass is 10.2. The number of piperazine rings is 1. The predicted octanol–water partition coefficient (Wildman–Crippen LogP) is 1.66. The Morgan fingerprint density at radius 1 is 1.16 bits per heavy atom. The van der Waals surface area contributed by atoms with Gasteiger partial charge in [0.05, 0.1) is 11.5 Å². The van der Waals surface area contributed by atoms with Crippen LogP contribution in [-0.4, -0.2) is 65.6 Å². The first kappa shape index (κ1) is 18.5. The van der Waals surface area contributed by atoms with Crippen LogP contribution in [0.4, 0.5) is 10.5 Å². The molecule has 1 aliphatic rings. The highest BCUT2D eigenvalue weighted by molar-refractivity contribution is 5.81. The van der Waals surface area contributed by atoms with E-state index in [0.29, 0.717) is 38.5 Å². The van der Waals surface area contributed by atoms with Gasteiger partial charge in [0, 0.05) is 38.3 Å². The predicted molar refractivity (Wildman–Crippen MR) is 88.4 cm³/mol. The van der Waals surface area contributed by atoms with Crippen molar-refractivity contribution in [3.63, 3.8) is 0 Å². The summed E-state index contributed by atoms with van der Waals surface area (Å²) in [4.78, 5) is 37.4. The molecule has 9 heteroatoms. The van der Waals surface area contributed by atoms with Crippen LogP contribution in [0.1, 0.15) is 13.8 Å². The zero-order valence-electron chi connectivity index (χ0n) is 14.2. The van der Waals surface area contributed by atoms with Crippen molar-refractivity contribution in [2.75, 3.05) is 32.8 Å². The summed E-state index contributed by atoms with van der Waals surface area (Å²) in [6.45, 7) is 5.33. The van der Waals surface area contributed by atoms with Crippen molar-refractivity contribution >= 4 is 17.7 Å². The molecule has 2 rings (SSSR count). The average molecular weight is 351 g/mol. The van der Waals surface area contributed by atoms with Gasteiger partial charge in [-0.25, -0.2) is 4.79 Å². The molecule has 9 nitrogen and oxygen atoms in total. The Kier molecular flexibility index (Phi) is 6.15. The molecule has 1 saturated heterocycles. The minimum atomic E-state index is -0.726. The summed E-state index contributed by atoms with van der Waals surface area (Å²) < 4.78 is 10.5. The molecule has 2 amide bonds. The molecular weight excluding hydrogens is 330 g/mol. The lowest BCUT2D eigenvalue weighted by molar-refractivity contribution is -0.384. The van der Waals surface area contributed by atoms with E-state index in [1.54, 1.807) is 23.6 Å². The Labute approximate surface area is 145 Å². The Hall–Kier alpha value is -2.84. The van der Waals surface area contributed by atoms with Crippen molar-refractivity contribution < 1.29 is 24.0 Å². The monoisotopic (exact) mass is 351 g/mol. The van der Waals surface area contributed by atoms with Gasteiger partial charge in [-0.15, -0.1) is 0 Å².